The number of carbonyl (C=O) groups is 3. The minimum atomic E-state index is -0.952. The Morgan fingerprint density at radius 2 is 1.64 bits per heavy atom. The molecule has 80 valence electrons. The number of carbonyl (C=O) groups excluding carboxylic acids is 2. The number of hydrogen-bond donors (Lipinski definition) is 3. The van der Waals surface area contributed by atoms with E-state index in [0.717, 1.165) is 0 Å². The van der Waals surface area contributed by atoms with E-state index in [-0.39, 0.29) is 37.7 Å². The maximum atomic E-state index is 11.0. The molecule has 0 saturated carbocycles. The first-order chi connectivity index (χ1) is 6.52. The van der Waals surface area contributed by atoms with Gasteiger partial charge in [0, 0.05) is 26.4 Å². The summed E-state index contributed by atoms with van der Waals surface area (Å²) in [5.74, 6) is -1.41. The quantitative estimate of drug-likeness (QED) is 0.520. The van der Waals surface area contributed by atoms with Gasteiger partial charge in [-0.25, -0.2) is 0 Å². The van der Waals surface area contributed by atoms with Gasteiger partial charge < -0.3 is 15.7 Å². The smallest absolute Gasteiger partial charge is 0.305 e. The molecule has 0 saturated heterocycles. The molecule has 0 rings (SSSR count). The number of carboxylic acid groups (broad SMARTS) is 1. The number of amides is 2. The minimum Gasteiger partial charge on any atom is -0.481 e. The largest absolute Gasteiger partial charge is 0.481 e. The zero-order chi connectivity index (χ0) is 11.0. The fraction of sp³-hybridized carbons (Fsp3) is 0.625. The Kier molecular flexibility index (Phi) is 6.09. The summed E-state index contributed by atoms with van der Waals surface area (Å²) in [5.41, 5.74) is 0. The SMILES string of the molecule is CC(=O)NCCC(=O)NCCC(=O)O. The Hall–Kier alpha value is -1.59. The summed E-state index contributed by atoms with van der Waals surface area (Å²) in [7, 11) is 0. The third kappa shape index (κ3) is 8.51. The first-order valence-corrected chi connectivity index (χ1v) is 4.25. The molecule has 0 spiro atoms. The molecule has 0 aliphatic heterocycles. The van der Waals surface area contributed by atoms with Gasteiger partial charge in [-0.2, -0.15) is 0 Å². The van der Waals surface area contributed by atoms with Gasteiger partial charge in [0.25, 0.3) is 0 Å². The number of hydrogen-bond acceptors (Lipinski definition) is 3. The van der Waals surface area contributed by atoms with Crippen molar-refractivity contribution in [3.8, 4) is 0 Å². The molecule has 0 atom stereocenters. The highest BCUT2D eigenvalue weighted by molar-refractivity contribution is 5.78. The molecule has 0 heterocycles. The van der Waals surface area contributed by atoms with E-state index in [0.29, 0.717) is 0 Å². The summed E-state index contributed by atoms with van der Waals surface area (Å²) in [6, 6.07) is 0. The van der Waals surface area contributed by atoms with E-state index in [4.69, 9.17) is 5.11 Å². The Morgan fingerprint density at radius 1 is 1.07 bits per heavy atom. The zero-order valence-corrected chi connectivity index (χ0v) is 8.00. The molecule has 0 aromatic heterocycles. The lowest BCUT2D eigenvalue weighted by molar-refractivity contribution is -0.136. The van der Waals surface area contributed by atoms with Gasteiger partial charge in [-0.1, -0.05) is 0 Å². The van der Waals surface area contributed by atoms with Gasteiger partial charge in [-0.05, 0) is 0 Å². The lowest BCUT2D eigenvalue weighted by Gasteiger charge is -2.03. The molecule has 3 N–H and O–H groups in total. The van der Waals surface area contributed by atoms with Crippen LogP contribution in [0.25, 0.3) is 0 Å². The fourth-order valence-corrected chi connectivity index (χ4v) is 0.749. The molecule has 14 heavy (non-hydrogen) atoms. The number of rotatable bonds is 6. The van der Waals surface area contributed by atoms with E-state index in [1.54, 1.807) is 0 Å². The Labute approximate surface area is 81.7 Å². The van der Waals surface area contributed by atoms with Crippen LogP contribution in [0.3, 0.4) is 0 Å². The van der Waals surface area contributed by atoms with Gasteiger partial charge in [0.15, 0.2) is 0 Å². The van der Waals surface area contributed by atoms with Gasteiger partial charge in [0.2, 0.25) is 11.8 Å². The van der Waals surface area contributed by atoms with Crippen LogP contribution in [-0.4, -0.2) is 36.0 Å². The van der Waals surface area contributed by atoms with E-state index < -0.39 is 5.97 Å². The monoisotopic (exact) mass is 202 g/mol. The normalized spacial score (nSPS) is 9.21. The Bertz CT molecular complexity index is 205. The number of carboxylic acids is 1. The van der Waals surface area contributed by atoms with E-state index in [9.17, 15) is 14.4 Å². The maximum absolute atomic E-state index is 11.0. The van der Waals surface area contributed by atoms with Gasteiger partial charge in [-0.15, -0.1) is 0 Å². The first-order valence-electron chi connectivity index (χ1n) is 4.25. The molecule has 6 nitrogen and oxygen atoms in total. The third-order valence-corrected chi connectivity index (χ3v) is 1.39. The molecule has 0 bridgehead atoms. The van der Waals surface area contributed by atoms with E-state index in [1.165, 1.54) is 6.92 Å². The van der Waals surface area contributed by atoms with Crippen molar-refractivity contribution in [3.63, 3.8) is 0 Å². The van der Waals surface area contributed by atoms with E-state index >= 15 is 0 Å². The molecule has 0 fully saturated rings. The number of aliphatic carboxylic acids is 1. The summed E-state index contributed by atoms with van der Waals surface area (Å²) in [4.78, 5) is 31.4. The molecule has 0 aromatic carbocycles. The van der Waals surface area contributed by atoms with Crippen LogP contribution in [0.15, 0.2) is 0 Å². The molecular weight excluding hydrogens is 188 g/mol. The van der Waals surface area contributed by atoms with Crippen LogP contribution < -0.4 is 10.6 Å². The fourth-order valence-electron chi connectivity index (χ4n) is 0.749. The number of nitrogens with one attached hydrogen (secondary N) is 2. The lowest BCUT2D eigenvalue weighted by atomic mass is 10.3. The van der Waals surface area contributed by atoms with Gasteiger partial charge in [0.05, 0.1) is 6.42 Å². The highest BCUT2D eigenvalue weighted by Crippen LogP contribution is 1.80. The zero-order valence-electron chi connectivity index (χ0n) is 8.00. The van der Waals surface area contributed by atoms with Crippen molar-refractivity contribution in [2.45, 2.75) is 19.8 Å². The first kappa shape index (κ1) is 12.4. The third-order valence-electron chi connectivity index (χ3n) is 1.39. The van der Waals surface area contributed by atoms with Crippen molar-refractivity contribution in [2.24, 2.45) is 0 Å². The summed E-state index contributed by atoms with van der Waals surface area (Å²) in [6.45, 7) is 1.75. The molecular formula is C8H14N2O4. The van der Waals surface area contributed by atoms with Crippen molar-refractivity contribution < 1.29 is 19.5 Å². The van der Waals surface area contributed by atoms with Crippen LogP contribution in [0.1, 0.15) is 19.8 Å². The second kappa shape index (κ2) is 6.88. The van der Waals surface area contributed by atoms with Crippen LogP contribution in [0.5, 0.6) is 0 Å². The molecule has 0 unspecified atom stereocenters. The summed E-state index contributed by atoms with van der Waals surface area (Å²) in [6.07, 6.45) is 0.0745. The second-order valence-electron chi connectivity index (χ2n) is 2.73. The van der Waals surface area contributed by atoms with Gasteiger partial charge in [0.1, 0.15) is 0 Å². The molecule has 0 aliphatic rings. The maximum Gasteiger partial charge on any atom is 0.305 e. The average molecular weight is 202 g/mol. The molecule has 6 heteroatoms. The van der Waals surface area contributed by atoms with Gasteiger partial charge >= 0.3 is 5.97 Å². The van der Waals surface area contributed by atoms with Gasteiger partial charge in [-0.3, -0.25) is 14.4 Å². The summed E-state index contributed by atoms with van der Waals surface area (Å²) in [5, 5.41) is 13.1. The van der Waals surface area contributed by atoms with Crippen molar-refractivity contribution in [1.82, 2.24) is 10.6 Å². The van der Waals surface area contributed by atoms with Crippen LogP contribution in [0.4, 0.5) is 0 Å². The second-order valence-corrected chi connectivity index (χ2v) is 2.73. The van der Waals surface area contributed by atoms with Crippen molar-refractivity contribution in [2.75, 3.05) is 13.1 Å². The van der Waals surface area contributed by atoms with E-state index in [1.807, 2.05) is 0 Å². The predicted molar refractivity (Wildman–Crippen MR) is 48.6 cm³/mol. The lowest BCUT2D eigenvalue weighted by Crippen LogP contribution is -2.30. The van der Waals surface area contributed by atoms with Crippen LogP contribution in [0, 0.1) is 0 Å². The predicted octanol–water partition coefficient (Wildman–Crippen LogP) is -0.896. The van der Waals surface area contributed by atoms with Crippen molar-refractivity contribution in [1.29, 1.82) is 0 Å². The standard InChI is InChI=1S/C8H14N2O4/c1-6(11)9-4-2-7(12)10-5-3-8(13)14/h2-5H2,1H3,(H,9,11)(H,10,12)(H,13,14). The molecule has 0 aliphatic carbocycles. The summed E-state index contributed by atoms with van der Waals surface area (Å²) >= 11 is 0. The topological polar surface area (TPSA) is 95.5 Å². The highest BCUT2D eigenvalue weighted by Gasteiger charge is 2.02. The highest BCUT2D eigenvalue weighted by atomic mass is 16.4. The average Bonchev–Trinajstić information content (AvgIpc) is 2.02. The van der Waals surface area contributed by atoms with Crippen molar-refractivity contribution >= 4 is 17.8 Å². The Morgan fingerprint density at radius 3 is 2.14 bits per heavy atom. The molecule has 0 radical (unpaired) electrons. The molecule has 0 aromatic rings. The minimum absolute atomic E-state index is 0.0914. The Balaban J connectivity index is 3.37. The van der Waals surface area contributed by atoms with Crippen LogP contribution in [0.2, 0.25) is 0 Å². The summed E-state index contributed by atoms with van der Waals surface area (Å²) < 4.78 is 0. The van der Waals surface area contributed by atoms with Crippen molar-refractivity contribution in [3.05, 3.63) is 0 Å². The van der Waals surface area contributed by atoms with Crippen LogP contribution >= 0.6 is 0 Å². The molecule has 2 amide bonds. The van der Waals surface area contributed by atoms with Crippen LogP contribution in [-0.2, 0) is 14.4 Å². The van der Waals surface area contributed by atoms with E-state index in [2.05, 4.69) is 10.6 Å².